The standard InChI is InChI=1S/C21H28F2N4O2/c22-13-1-6-17(23)12(7-13)8-18(24)21(25)10-15-4-5-16(11-21)27(15)20(29)9-19(28)26-14-2-3-14/h1,6-7,14-16,18H,2-5,8-11,24-25H2,(H,26,28). The maximum Gasteiger partial charge on any atom is 0.232 e. The molecule has 1 saturated carbocycles. The molecule has 3 fully saturated rings. The van der Waals surface area contributed by atoms with Gasteiger partial charge in [0, 0.05) is 29.7 Å². The minimum atomic E-state index is -0.766. The van der Waals surface area contributed by atoms with Gasteiger partial charge in [0.05, 0.1) is 0 Å². The van der Waals surface area contributed by atoms with Crippen molar-refractivity contribution in [1.82, 2.24) is 10.2 Å². The fourth-order valence-electron chi connectivity index (χ4n) is 4.91. The van der Waals surface area contributed by atoms with E-state index in [9.17, 15) is 18.4 Å². The van der Waals surface area contributed by atoms with Crippen molar-refractivity contribution in [3.8, 4) is 0 Å². The normalized spacial score (nSPS) is 29.6. The predicted molar refractivity (Wildman–Crippen MR) is 104 cm³/mol. The lowest BCUT2D eigenvalue weighted by Crippen LogP contribution is -2.65. The molecule has 3 atom stereocenters. The van der Waals surface area contributed by atoms with Crippen LogP contribution in [0.5, 0.6) is 0 Å². The summed E-state index contributed by atoms with van der Waals surface area (Å²) < 4.78 is 27.5. The van der Waals surface area contributed by atoms with Crippen LogP contribution in [0.15, 0.2) is 18.2 Å². The van der Waals surface area contributed by atoms with Gasteiger partial charge in [0.2, 0.25) is 11.8 Å². The molecule has 1 aromatic rings. The van der Waals surface area contributed by atoms with Crippen LogP contribution < -0.4 is 16.8 Å². The first kappa shape index (κ1) is 20.2. The molecule has 2 bridgehead atoms. The largest absolute Gasteiger partial charge is 0.353 e. The number of nitrogens with one attached hydrogen (secondary N) is 1. The number of carbonyl (C=O) groups is 2. The Morgan fingerprint density at radius 3 is 2.45 bits per heavy atom. The summed E-state index contributed by atoms with van der Waals surface area (Å²) in [6, 6.07) is 2.87. The zero-order valence-electron chi connectivity index (χ0n) is 16.4. The Morgan fingerprint density at radius 2 is 1.83 bits per heavy atom. The molecule has 158 valence electrons. The summed E-state index contributed by atoms with van der Waals surface area (Å²) in [5.74, 6) is -1.39. The van der Waals surface area contributed by atoms with Crippen molar-refractivity contribution < 1.29 is 18.4 Å². The predicted octanol–water partition coefficient (Wildman–Crippen LogP) is 1.35. The average Bonchev–Trinajstić information content (AvgIpc) is 3.41. The highest BCUT2D eigenvalue weighted by atomic mass is 19.1. The van der Waals surface area contributed by atoms with E-state index in [1.165, 1.54) is 0 Å². The lowest BCUT2D eigenvalue weighted by molar-refractivity contribution is -0.140. The van der Waals surface area contributed by atoms with E-state index in [0.29, 0.717) is 12.8 Å². The molecule has 3 aliphatic rings. The number of hydrogen-bond donors (Lipinski definition) is 3. The van der Waals surface area contributed by atoms with Gasteiger partial charge in [-0.25, -0.2) is 8.78 Å². The first-order valence-corrected chi connectivity index (χ1v) is 10.3. The summed E-state index contributed by atoms with van der Waals surface area (Å²) in [4.78, 5) is 26.5. The zero-order valence-corrected chi connectivity index (χ0v) is 16.4. The van der Waals surface area contributed by atoms with Gasteiger partial charge in [-0.2, -0.15) is 0 Å². The molecule has 0 aromatic heterocycles. The SMILES string of the molecule is NC(Cc1cc(F)ccc1F)C1(N)CC2CCC(C1)N2C(=O)CC(=O)NC1CC1. The van der Waals surface area contributed by atoms with Crippen molar-refractivity contribution >= 4 is 11.8 Å². The Bertz CT molecular complexity index is 800. The lowest BCUT2D eigenvalue weighted by atomic mass is 9.76. The summed E-state index contributed by atoms with van der Waals surface area (Å²) in [6.07, 6.45) is 4.60. The van der Waals surface area contributed by atoms with Crippen LogP contribution in [-0.2, 0) is 16.0 Å². The van der Waals surface area contributed by atoms with E-state index in [0.717, 1.165) is 43.9 Å². The molecular weight excluding hydrogens is 378 g/mol. The monoisotopic (exact) mass is 406 g/mol. The molecule has 2 amide bonds. The summed E-state index contributed by atoms with van der Waals surface area (Å²) >= 11 is 0. The molecule has 2 heterocycles. The third-order valence-corrected chi connectivity index (χ3v) is 6.58. The Balaban J connectivity index is 1.40. The summed E-state index contributed by atoms with van der Waals surface area (Å²) in [6.45, 7) is 0. The molecule has 2 saturated heterocycles. The van der Waals surface area contributed by atoms with Crippen LogP contribution in [0.2, 0.25) is 0 Å². The Labute approximate surface area is 169 Å². The van der Waals surface area contributed by atoms with Crippen LogP contribution in [0.25, 0.3) is 0 Å². The van der Waals surface area contributed by atoms with Gasteiger partial charge in [-0.3, -0.25) is 9.59 Å². The molecule has 5 N–H and O–H groups in total. The minimum absolute atomic E-state index is 0.0663. The van der Waals surface area contributed by atoms with Crippen LogP contribution in [0.4, 0.5) is 8.78 Å². The molecule has 29 heavy (non-hydrogen) atoms. The fourth-order valence-corrected chi connectivity index (χ4v) is 4.91. The van der Waals surface area contributed by atoms with E-state index in [1.54, 1.807) is 0 Å². The lowest BCUT2D eigenvalue weighted by Gasteiger charge is -2.47. The second-order valence-electron chi connectivity index (χ2n) is 8.89. The maximum atomic E-state index is 14.0. The van der Waals surface area contributed by atoms with Crippen LogP contribution in [-0.4, -0.2) is 46.4 Å². The molecule has 0 spiro atoms. The van der Waals surface area contributed by atoms with Crippen molar-refractivity contribution in [1.29, 1.82) is 0 Å². The quantitative estimate of drug-likeness (QED) is 0.621. The highest BCUT2D eigenvalue weighted by molar-refractivity contribution is 5.97. The van der Waals surface area contributed by atoms with E-state index >= 15 is 0 Å². The number of benzene rings is 1. The second kappa shape index (κ2) is 7.65. The average molecular weight is 406 g/mol. The molecule has 2 aliphatic heterocycles. The third-order valence-electron chi connectivity index (χ3n) is 6.58. The van der Waals surface area contributed by atoms with Crippen molar-refractivity contribution in [3.63, 3.8) is 0 Å². The van der Waals surface area contributed by atoms with Crippen LogP contribution in [0.1, 0.15) is 50.5 Å². The van der Waals surface area contributed by atoms with Crippen LogP contribution >= 0.6 is 0 Å². The molecule has 3 unspecified atom stereocenters. The van der Waals surface area contributed by atoms with Crippen molar-refractivity contribution in [2.75, 3.05) is 0 Å². The molecule has 4 rings (SSSR count). The summed E-state index contributed by atoms with van der Waals surface area (Å²) in [5, 5.41) is 2.85. The summed E-state index contributed by atoms with van der Waals surface area (Å²) in [5.41, 5.74) is 12.5. The Morgan fingerprint density at radius 1 is 1.17 bits per heavy atom. The Kier molecular flexibility index (Phi) is 5.33. The zero-order chi connectivity index (χ0) is 20.8. The number of nitrogens with zero attached hydrogens (tertiary/aromatic N) is 1. The van der Waals surface area contributed by atoms with Gasteiger partial charge in [0.15, 0.2) is 0 Å². The number of hydrogen-bond acceptors (Lipinski definition) is 4. The van der Waals surface area contributed by atoms with Gasteiger partial charge < -0.3 is 21.7 Å². The molecule has 8 heteroatoms. The number of amides is 2. The summed E-state index contributed by atoms with van der Waals surface area (Å²) in [7, 11) is 0. The second-order valence-corrected chi connectivity index (χ2v) is 8.89. The number of fused-ring (bicyclic) bond motifs is 2. The van der Waals surface area contributed by atoms with Gasteiger partial charge in [-0.05, 0) is 68.7 Å². The van der Waals surface area contributed by atoms with Crippen LogP contribution in [0, 0.1) is 11.6 Å². The van der Waals surface area contributed by atoms with E-state index in [4.69, 9.17) is 11.5 Å². The van der Waals surface area contributed by atoms with Gasteiger partial charge in [-0.1, -0.05) is 0 Å². The highest BCUT2D eigenvalue weighted by Gasteiger charge is 2.50. The van der Waals surface area contributed by atoms with Crippen molar-refractivity contribution in [2.45, 2.75) is 81.1 Å². The van der Waals surface area contributed by atoms with Gasteiger partial charge >= 0.3 is 0 Å². The van der Waals surface area contributed by atoms with Crippen LogP contribution in [0.3, 0.4) is 0 Å². The molecule has 0 radical (unpaired) electrons. The molecule has 1 aliphatic carbocycles. The van der Waals surface area contributed by atoms with E-state index < -0.39 is 23.2 Å². The Hall–Kier alpha value is -2.06. The smallest absolute Gasteiger partial charge is 0.232 e. The van der Waals surface area contributed by atoms with Gasteiger partial charge in [0.25, 0.3) is 0 Å². The van der Waals surface area contributed by atoms with Crippen molar-refractivity contribution in [3.05, 3.63) is 35.4 Å². The topological polar surface area (TPSA) is 101 Å². The fraction of sp³-hybridized carbons (Fsp3) is 0.619. The molecular formula is C21H28F2N4O2. The van der Waals surface area contributed by atoms with Crippen molar-refractivity contribution in [2.24, 2.45) is 11.5 Å². The number of piperidine rings is 1. The first-order valence-electron chi connectivity index (χ1n) is 10.3. The number of carbonyl (C=O) groups excluding carboxylic acids is 2. The molecule has 6 nitrogen and oxygen atoms in total. The van der Waals surface area contributed by atoms with Gasteiger partial charge in [-0.15, -0.1) is 0 Å². The van der Waals surface area contributed by atoms with Gasteiger partial charge in [0.1, 0.15) is 18.1 Å². The minimum Gasteiger partial charge on any atom is -0.353 e. The number of rotatable bonds is 6. The molecule has 1 aromatic carbocycles. The number of halogens is 2. The maximum absolute atomic E-state index is 14.0. The first-order chi connectivity index (χ1) is 13.7. The highest BCUT2D eigenvalue weighted by Crippen LogP contribution is 2.41. The van der Waals surface area contributed by atoms with E-state index in [2.05, 4.69) is 5.32 Å². The van der Waals surface area contributed by atoms with E-state index in [1.807, 2.05) is 4.90 Å². The number of nitrogens with two attached hydrogens (primary N) is 2. The third kappa shape index (κ3) is 4.28. The van der Waals surface area contributed by atoms with E-state index in [-0.39, 0.29) is 48.3 Å².